The second-order valence-corrected chi connectivity index (χ2v) is 8.50. The molecule has 0 bridgehead atoms. The fourth-order valence-corrected chi connectivity index (χ4v) is 4.53. The van der Waals surface area contributed by atoms with Crippen LogP contribution in [0, 0.1) is 5.41 Å². The van der Waals surface area contributed by atoms with Crippen molar-refractivity contribution in [3.63, 3.8) is 0 Å². The van der Waals surface area contributed by atoms with Gasteiger partial charge in [-0.3, -0.25) is 8.98 Å². The maximum absolute atomic E-state index is 12.9. The smallest absolute Gasteiger partial charge is 0.264 e. The highest BCUT2D eigenvalue weighted by molar-refractivity contribution is 7.86. The minimum atomic E-state index is -3.44. The summed E-state index contributed by atoms with van der Waals surface area (Å²) in [6.45, 7) is 0.677. The zero-order valence-corrected chi connectivity index (χ0v) is 14.6. The van der Waals surface area contributed by atoms with Crippen LogP contribution >= 0.6 is 11.6 Å². The molecule has 0 atom stereocenters. The third-order valence-corrected chi connectivity index (χ3v) is 5.69. The van der Waals surface area contributed by atoms with Crippen LogP contribution in [-0.4, -0.2) is 33.2 Å². The Kier molecular flexibility index (Phi) is 4.42. The second-order valence-electron chi connectivity index (χ2n) is 6.47. The first-order valence-electron chi connectivity index (χ1n) is 7.75. The lowest BCUT2D eigenvalue weighted by atomic mass is 9.72. The van der Waals surface area contributed by atoms with Gasteiger partial charge in [-0.15, -0.1) is 0 Å². The lowest BCUT2D eigenvalue weighted by molar-refractivity contribution is -0.128. The zero-order valence-electron chi connectivity index (χ0n) is 13.0. The summed E-state index contributed by atoms with van der Waals surface area (Å²) < 4.78 is 27.5. The van der Waals surface area contributed by atoms with Crippen molar-refractivity contribution in [1.29, 1.82) is 0 Å². The predicted octanol–water partition coefficient (Wildman–Crippen LogP) is 2.98. The van der Waals surface area contributed by atoms with E-state index in [-0.39, 0.29) is 17.4 Å². The van der Waals surface area contributed by atoms with Crippen LogP contribution in [0.2, 0.25) is 5.02 Å². The van der Waals surface area contributed by atoms with Crippen molar-refractivity contribution in [2.24, 2.45) is 5.41 Å². The number of amides is 1. The number of nitrogens with zero attached hydrogens (tertiary/aromatic N) is 1. The summed E-state index contributed by atoms with van der Waals surface area (Å²) in [5.74, 6) is 0.123. The van der Waals surface area contributed by atoms with Gasteiger partial charge in [0.25, 0.3) is 10.1 Å². The summed E-state index contributed by atoms with van der Waals surface area (Å²) in [6.07, 6.45) is 4.10. The van der Waals surface area contributed by atoms with Crippen molar-refractivity contribution in [2.75, 3.05) is 17.7 Å². The quantitative estimate of drug-likeness (QED) is 0.780. The van der Waals surface area contributed by atoms with E-state index >= 15 is 0 Å². The van der Waals surface area contributed by atoms with E-state index < -0.39 is 10.1 Å². The fraction of sp³-hybridized carbons (Fsp3) is 0.562. The molecule has 1 spiro atoms. The highest BCUT2D eigenvalue weighted by atomic mass is 35.5. The zero-order chi connectivity index (χ0) is 16.7. The number of hydrogen-bond acceptors (Lipinski definition) is 4. The van der Waals surface area contributed by atoms with Gasteiger partial charge in [-0.1, -0.05) is 17.7 Å². The number of halogens is 1. The maximum atomic E-state index is 12.9. The number of hydrogen-bond donors (Lipinski definition) is 0. The van der Waals surface area contributed by atoms with Crippen LogP contribution < -0.4 is 4.90 Å². The first-order valence-corrected chi connectivity index (χ1v) is 9.94. The molecular weight excluding hydrogens is 338 g/mol. The van der Waals surface area contributed by atoms with Crippen LogP contribution in [0.3, 0.4) is 0 Å². The highest BCUT2D eigenvalue weighted by Gasteiger charge is 2.49. The monoisotopic (exact) mass is 357 g/mol. The van der Waals surface area contributed by atoms with Gasteiger partial charge in [0, 0.05) is 17.3 Å². The molecule has 0 aromatic heterocycles. The SMILES string of the molecule is CS(=O)(=O)OC1CCC2(CC1)CCN(c1cccc(Cl)c1)C2=O. The first-order chi connectivity index (χ1) is 10.8. The van der Waals surface area contributed by atoms with Crippen LogP contribution in [0.5, 0.6) is 0 Å². The number of anilines is 1. The van der Waals surface area contributed by atoms with E-state index in [2.05, 4.69) is 0 Å². The fourth-order valence-electron chi connectivity index (χ4n) is 3.66. The molecule has 2 fully saturated rings. The Morgan fingerprint density at radius 1 is 1.26 bits per heavy atom. The van der Waals surface area contributed by atoms with Gasteiger partial charge in [0.05, 0.1) is 17.8 Å². The van der Waals surface area contributed by atoms with Crippen molar-refractivity contribution in [2.45, 2.75) is 38.2 Å². The summed E-state index contributed by atoms with van der Waals surface area (Å²) >= 11 is 6.02. The topological polar surface area (TPSA) is 63.7 Å². The standard InChI is InChI=1S/C16H20ClNO4S/c1-23(20,21)22-14-5-7-16(8-6-14)9-10-18(15(16)19)13-4-2-3-12(17)11-13/h2-4,11,14H,5-10H2,1H3. The molecule has 3 rings (SSSR count). The third-order valence-electron chi connectivity index (χ3n) is 4.83. The lowest BCUT2D eigenvalue weighted by Gasteiger charge is -2.35. The first kappa shape index (κ1) is 16.7. The summed E-state index contributed by atoms with van der Waals surface area (Å²) in [5.41, 5.74) is 0.452. The van der Waals surface area contributed by atoms with Crippen molar-refractivity contribution >= 4 is 33.3 Å². The molecular formula is C16H20ClNO4S. The minimum Gasteiger partial charge on any atom is -0.312 e. The Balaban J connectivity index is 1.70. The van der Waals surface area contributed by atoms with E-state index in [1.807, 2.05) is 12.1 Å². The molecule has 0 unspecified atom stereocenters. The van der Waals surface area contributed by atoms with Gasteiger partial charge >= 0.3 is 0 Å². The van der Waals surface area contributed by atoms with Gasteiger partial charge in [-0.05, 0) is 50.3 Å². The molecule has 2 aliphatic rings. The van der Waals surface area contributed by atoms with Crippen LogP contribution in [0.25, 0.3) is 0 Å². The van der Waals surface area contributed by atoms with Crippen LogP contribution in [-0.2, 0) is 19.1 Å². The number of carbonyl (C=O) groups excluding carboxylic acids is 1. The summed E-state index contributed by atoms with van der Waals surface area (Å²) in [7, 11) is -3.44. The Morgan fingerprint density at radius 3 is 2.57 bits per heavy atom. The molecule has 1 aliphatic heterocycles. The molecule has 126 valence electrons. The van der Waals surface area contributed by atoms with Gasteiger partial charge in [-0.25, -0.2) is 0 Å². The van der Waals surface area contributed by atoms with Gasteiger partial charge in [0.2, 0.25) is 5.91 Å². The van der Waals surface area contributed by atoms with Crippen molar-refractivity contribution < 1.29 is 17.4 Å². The van der Waals surface area contributed by atoms with E-state index in [0.29, 0.717) is 37.3 Å². The molecule has 1 aliphatic carbocycles. The average Bonchev–Trinajstić information content (AvgIpc) is 2.78. The molecule has 1 heterocycles. The normalized spacial score (nSPS) is 28.5. The van der Waals surface area contributed by atoms with E-state index in [4.69, 9.17) is 15.8 Å². The highest BCUT2D eigenvalue weighted by Crippen LogP contribution is 2.46. The summed E-state index contributed by atoms with van der Waals surface area (Å²) in [5, 5.41) is 0.613. The Labute approximate surface area is 141 Å². The van der Waals surface area contributed by atoms with Gasteiger partial charge in [0.15, 0.2) is 0 Å². The van der Waals surface area contributed by atoms with E-state index in [1.165, 1.54) is 0 Å². The lowest BCUT2D eigenvalue weighted by Crippen LogP contribution is -2.39. The maximum Gasteiger partial charge on any atom is 0.264 e. The molecule has 1 aromatic rings. The molecule has 23 heavy (non-hydrogen) atoms. The van der Waals surface area contributed by atoms with Gasteiger partial charge in [-0.2, -0.15) is 8.42 Å². The third kappa shape index (κ3) is 3.54. The molecule has 7 heteroatoms. The molecule has 1 aromatic carbocycles. The Hall–Kier alpha value is -1.11. The predicted molar refractivity (Wildman–Crippen MR) is 89.0 cm³/mol. The largest absolute Gasteiger partial charge is 0.312 e. The van der Waals surface area contributed by atoms with Crippen LogP contribution in [0.1, 0.15) is 32.1 Å². The van der Waals surface area contributed by atoms with Crippen molar-refractivity contribution in [3.05, 3.63) is 29.3 Å². The van der Waals surface area contributed by atoms with Crippen molar-refractivity contribution in [3.8, 4) is 0 Å². The van der Waals surface area contributed by atoms with Gasteiger partial charge in [0.1, 0.15) is 0 Å². The molecule has 5 nitrogen and oxygen atoms in total. The number of benzene rings is 1. The summed E-state index contributed by atoms with van der Waals surface area (Å²) in [6, 6.07) is 7.32. The molecule has 0 N–H and O–H groups in total. The van der Waals surface area contributed by atoms with Gasteiger partial charge < -0.3 is 4.90 Å². The van der Waals surface area contributed by atoms with E-state index in [9.17, 15) is 13.2 Å². The minimum absolute atomic E-state index is 0.123. The Bertz CT molecular complexity index is 711. The Morgan fingerprint density at radius 2 is 1.96 bits per heavy atom. The molecule has 0 radical (unpaired) electrons. The summed E-state index contributed by atoms with van der Waals surface area (Å²) in [4.78, 5) is 14.7. The average molecular weight is 358 g/mol. The number of carbonyl (C=O) groups is 1. The van der Waals surface area contributed by atoms with E-state index in [0.717, 1.165) is 18.4 Å². The second kappa shape index (κ2) is 6.07. The molecule has 1 saturated heterocycles. The molecule has 1 saturated carbocycles. The molecule has 1 amide bonds. The van der Waals surface area contributed by atoms with Crippen LogP contribution in [0.15, 0.2) is 24.3 Å². The number of rotatable bonds is 3. The van der Waals surface area contributed by atoms with Crippen LogP contribution in [0.4, 0.5) is 5.69 Å². The van der Waals surface area contributed by atoms with Crippen molar-refractivity contribution in [1.82, 2.24) is 0 Å². The van der Waals surface area contributed by atoms with E-state index in [1.54, 1.807) is 17.0 Å².